The highest BCUT2D eigenvalue weighted by Gasteiger charge is 2.04. The lowest BCUT2D eigenvalue weighted by atomic mass is 10.0. The molecule has 76 valence electrons. The Morgan fingerprint density at radius 2 is 1.87 bits per heavy atom. The Labute approximate surface area is 88.4 Å². The van der Waals surface area contributed by atoms with Gasteiger partial charge in [0.15, 0.2) is 0 Å². The molecule has 0 atom stereocenters. The van der Waals surface area contributed by atoms with Crippen molar-refractivity contribution in [3.05, 3.63) is 53.8 Å². The zero-order chi connectivity index (χ0) is 10.8. The minimum absolute atomic E-state index is 0.208. The van der Waals surface area contributed by atoms with Gasteiger partial charge in [0.1, 0.15) is 5.82 Å². The van der Waals surface area contributed by atoms with Crippen LogP contribution in [0.15, 0.2) is 42.5 Å². The average Bonchev–Trinajstić information content (AvgIpc) is 2.17. The summed E-state index contributed by atoms with van der Waals surface area (Å²) >= 11 is 0. The van der Waals surface area contributed by atoms with E-state index in [-0.39, 0.29) is 5.82 Å². The number of rotatable bonds is 1. The highest BCUT2D eigenvalue weighted by atomic mass is 19.1. The zero-order valence-electron chi connectivity index (χ0n) is 8.50. The third kappa shape index (κ3) is 1.99. The van der Waals surface area contributed by atoms with E-state index in [1.165, 1.54) is 6.07 Å². The van der Waals surface area contributed by atoms with Crippen LogP contribution in [0.5, 0.6) is 0 Å². The molecule has 2 rings (SSSR count). The first-order valence-electron chi connectivity index (χ1n) is 4.79. The first kappa shape index (κ1) is 9.71. The van der Waals surface area contributed by atoms with E-state index in [0.29, 0.717) is 11.3 Å². The summed E-state index contributed by atoms with van der Waals surface area (Å²) in [5.74, 6) is -0.208. The van der Waals surface area contributed by atoms with E-state index in [1.807, 2.05) is 25.1 Å². The minimum atomic E-state index is -0.208. The van der Waals surface area contributed by atoms with E-state index in [1.54, 1.807) is 18.2 Å². The number of hydrogen-bond acceptors (Lipinski definition) is 1. The normalized spacial score (nSPS) is 10.3. The molecule has 0 aliphatic heterocycles. The largest absolute Gasteiger partial charge is 0.399 e. The predicted molar refractivity (Wildman–Crippen MR) is 61.0 cm³/mol. The maximum absolute atomic E-state index is 13.6. The predicted octanol–water partition coefficient (Wildman–Crippen LogP) is 3.38. The summed E-state index contributed by atoms with van der Waals surface area (Å²) in [4.78, 5) is 0. The van der Waals surface area contributed by atoms with Gasteiger partial charge in [-0.15, -0.1) is 0 Å². The molecular weight excluding hydrogens is 189 g/mol. The van der Waals surface area contributed by atoms with Crippen LogP contribution in [0.1, 0.15) is 5.56 Å². The van der Waals surface area contributed by atoms with Gasteiger partial charge in [-0.05, 0) is 36.2 Å². The fourth-order valence-corrected chi connectivity index (χ4v) is 1.56. The highest BCUT2D eigenvalue weighted by molar-refractivity contribution is 5.68. The Balaban J connectivity index is 2.54. The molecule has 15 heavy (non-hydrogen) atoms. The summed E-state index contributed by atoms with van der Waals surface area (Å²) < 4.78 is 13.6. The van der Waals surface area contributed by atoms with Crippen LogP contribution in [-0.2, 0) is 0 Å². The van der Waals surface area contributed by atoms with Crippen LogP contribution < -0.4 is 5.73 Å². The maximum Gasteiger partial charge on any atom is 0.131 e. The summed E-state index contributed by atoms with van der Waals surface area (Å²) in [7, 11) is 0. The zero-order valence-corrected chi connectivity index (χ0v) is 8.50. The van der Waals surface area contributed by atoms with Crippen molar-refractivity contribution < 1.29 is 4.39 Å². The fraction of sp³-hybridized carbons (Fsp3) is 0.0769. The van der Waals surface area contributed by atoms with Gasteiger partial charge < -0.3 is 5.73 Å². The molecule has 0 fully saturated rings. The summed E-state index contributed by atoms with van der Waals surface area (Å²) in [5.41, 5.74) is 8.62. The molecule has 0 aliphatic rings. The monoisotopic (exact) mass is 201 g/mol. The van der Waals surface area contributed by atoms with E-state index >= 15 is 0 Å². The molecular formula is C13H12FN. The first-order chi connectivity index (χ1) is 7.16. The van der Waals surface area contributed by atoms with Crippen LogP contribution in [-0.4, -0.2) is 0 Å². The number of halogens is 1. The van der Waals surface area contributed by atoms with Gasteiger partial charge in [-0.3, -0.25) is 0 Å². The van der Waals surface area contributed by atoms with Crippen molar-refractivity contribution in [2.75, 3.05) is 5.73 Å². The Morgan fingerprint density at radius 3 is 2.53 bits per heavy atom. The van der Waals surface area contributed by atoms with Gasteiger partial charge in [-0.1, -0.05) is 24.3 Å². The molecule has 0 aliphatic carbocycles. The maximum atomic E-state index is 13.6. The third-order valence-corrected chi connectivity index (χ3v) is 2.32. The van der Waals surface area contributed by atoms with Crippen LogP contribution in [0.25, 0.3) is 11.1 Å². The quantitative estimate of drug-likeness (QED) is 0.703. The molecule has 0 aromatic heterocycles. The summed E-state index contributed by atoms with van der Waals surface area (Å²) in [6.07, 6.45) is 0. The van der Waals surface area contributed by atoms with E-state index in [4.69, 9.17) is 5.73 Å². The smallest absolute Gasteiger partial charge is 0.131 e. The van der Waals surface area contributed by atoms with Crippen LogP contribution in [0.3, 0.4) is 0 Å². The summed E-state index contributed by atoms with van der Waals surface area (Å²) in [6.45, 7) is 1.87. The lowest BCUT2D eigenvalue weighted by Gasteiger charge is -2.05. The highest BCUT2D eigenvalue weighted by Crippen LogP contribution is 2.24. The van der Waals surface area contributed by atoms with E-state index in [2.05, 4.69) is 0 Å². The van der Waals surface area contributed by atoms with Gasteiger partial charge in [-0.2, -0.15) is 0 Å². The second-order valence-electron chi connectivity index (χ2n) is 3.61. The molecule has 2 aromatic carbocycles. The summed E-state index contributed by atoms with van der Waals surface area (Å²) in [5, 5.41) is 0. The van der Waals surface area contributed by atoms with Crippen LogP contribution in [0.4, 0.5) is 10.1 Å². The molecule has 0 bridgehead atoms. The van der Waals surface area contributed by atoms with Gasteiger partial charge in [0.05, 0.1) is 0 Å². The van der Waals surface area contributed by atoms with Gasteiger partial charge in [0, 0.05) is 11.3 Å². The number of nitrogens with two attached hydrogens (primary N) is 1. The van der Waals surface area contributed by atoms with Crippen molar-refractivity contribution in [1.29, 1.82) is 0 Å². The van der Waals surface area contributed by atoms with E-state index in [0.717, 1.165) is 11.1 Å². The summed E-state index contributed by atoms with van der Waals surface area (Å²) in [6, 6.07) is 12.4. The second-order valence-corrected chi connectivity index (χ2v) is 3.61. The standard InChI is InChI=1S/C13H12FN/c1-9-5-6-12(13(14)7-9)10-3-2-4-11(15)8-10/h2-8H,15H2,1H3. The second kappa shape index (κ2) is 3.73. The Bertz CT molecular complexity index is 492. The molecule has 0 spiro atoms. The molecule has 0 unspecified atom stereocenters. The van der Waals surface area contributed by atoms with Crippen LogP contribution >= 0.6 is 0 Å². The van der Waals surface area contributed by atoms with Gasteiger partial charge in [0.25, 0.3) is 0 Å². The number of anilines is 1. The Hall–Kier alpha value is -1.83. The number of nitrogen functional groups attached to an aromatic ring is 1. The lowest BCUT2D eigenvalue weighted by molar-refractivity contribution is 0.630. The van der Waals surface area contributed by atoms with Crippen molar-refractivity contribution in [3.63, 3.8) is 0 Å². The SMILES string of the molecule is Cc1ccc(-c2cccc(N)c2)c(F)c1. The number of benzene rings is 2. The van der Waals surface area contributed by atoms with E-state index in [9.17, 15) is 4.39 Å². The topological polar surface area (TPSA) is 26.0 Å². The number of hydrogen-bond donors (Lipinski definition) is 1. The molecule has 0 saturated heterocycles. The number of aryl methyl sites for hydroxylation is 1. The Morgan fingerprint density at radius 1 is 1.07 bits per heavy atom. The molecule has 0 radical (unpaired) electrons. The molecule has 0 saturated carbocycles. The van der Waals surface area contributed by atoms with Crippen LogP contribution in [0, 0.1) is 12.7 Å². The van der Waals surface area contributed by atoms with Gasteiger partial charge in [0.2, 0.25) is 0 Å². The van der Waals surface area contributed by atoms with Crippen LogP contribution in [0.2, 0.25) is 0 Å². The van der Waals surface area contributed by atoms with Crippen molar-refractivity contribution >= 4 is 5.69 Å². The van der Waals surface area contributed by atoms with Crippen molar-refractivity contribution in [2.24, 2.45) is 0 Å². The van der Waals surface area contributed by atoms with Gasteiger partial charge >= 0.3 is 0 Å². The van der Waals surface area contributed by atoms with Crippen molar-refractivity contribution in [1.82, 2.24) is 0 Å². The molecule has 0 heterocycles. The minimum Gasteiger partial charge on any atom is -0.399 e. The molecule has 1 nitrogen and oxygen atoms in total. The third-order valence-electron chi connectivity index (χ3n) is 2.32. The lowest BCUT2D eigenvalue weighted by Crippen LogP contribution is -1.88. The Kier molecular flexibility index (Phi) is 2.42. The van der Waals surface area contributed by atoms with E-state index < -0.39 is 0 Å². The average molecular weight is 201 g/mol. The molecule has 2 N–H and O–H groups in total. The molecule has 2 heteroatoms. The van der Waals surface area contributed by atoms with Crippen molar-refractivity contribution in [3.8, 4) is 11.1 Å². The van der Waals surface area contributed by atoms with Crippen molar-refractivity contribution in [2.45, 2.75) is 6.92 Å². The first-order valence-corrected chi connectivity index (χ1v) is 4.79. The van der Waals surface area contributed by atoms with Gasteiger partial charge in [-0.25, -0.2) is 4.39 Å². The fourth-order valence-electron chi connectivity index (χ4n) is 1.56. The molecule has 2 aromatic rings. The molecule has 0 amide bonds.